The fourth-order valence-electron chi connectivity index (χ4n) is 1.97. The van der Waals surface area contributed by atoms with Crippen molar-refractivity contribution in [2.45, 2.75) is 0 Å². The highest BCUT2D eigenvalue weighted by atomic mass is 35.5. The Hall–Kier alpha value is -2.50. The van der Waals surface area contributed by atoms with E-state index in [4.69, 9.17) is 38.2 Å². The Morgan fingerprint density at radius 1 is 0.870 bits per heavy atom. The van der Waals surface area contributed by atoms with Crippen molar-refractivity contribution in [1.29, 1.82) is 0 Å². The lowest BCUT2D eigenvalue weighted by atomic mass is 9.92. The fourth-order valence-corrected chi connectivity index (χ4v) is 2.27. The van der Waals surface area contributed by atoms with E-state index in [0.29, 0.717) is 15.6 Å². The van der Waals surface area contributed by atoms with E-state index in [9.17, 15) is 9.90 Å². The summed E-state index contributed by atoms with van der Waals surface area (Å²) in [5, 5.41) is 24.5. The van der Waals surface area contributed by atoms with Crippen LogP contribution in [0.15, 0.2) is 30.3 Å². The van der Waals surface area contributed by atoms with Crippen molar-refractivity contribution in [2.24, 2.45) is 0 Å². The number of carboxylic acid groups (broad SMARTS) is 2. The molecule has 2 aromatic carbocycles. The normalized spacial score (nSPS) is 10.9. The van der Waals surface area contributed by atoms with Crippen molar-refractivity contribution in [3.8, 4) is 5.75 Å². The minimum Gasteiger partial charge on any atom is -0.507 e. The van der Waals surface area contributed by atoms with E-state index >= 15 is 0 Å². The molecule has 1 aliphatic rings. The monoisotopic (exact) mass is 352 g/mol. The number of carbonyl (C=O) groups is 2. The number of halogens is 2. The van der Waals surface area contributed by atoms with Gasteiger partial charge in [0.25, 0.3) is 0 Å². The van der Waals surface area contributed by atoms with Gasteiger partial charge >= 0.3 is 6.16 Å². The molecular formula is C16H10Cl2O5. The molecule has 1 aliphatic carbocycles. The molecule has 3 rings (SSSR count). The van der Waals surface area contributed by atoms with Crippen molar-refractivity contribution in [3.63, 3.8) is 0 Å². The molecule has 0 bridgehead atoms. The largest absolute Gasteiger partial charge is 0.507 e. The van der Waals surface area contributed by atoms with Gasteiger partial charge < -0.3 is 15.3 Å². The second-order valence-corrected chi connectivity index (χ2v) is 5.39. The third kappa shape index (κ3) is 3.83. The molecule has 0 unspecified atom stereocenters. The SMILES string of the molecule is O=C(O)O.O=C(c1ccc(Cl)c(Cl)c1)c1cc2c(cc1O)C=C2. The molecule has 0 saturated carbocycles. The van der Waals surface area contributed by atoms with Gasteiger partial charge in [-0.1, -0.05) is 35.4 Å². The van der Waals surface area contributed by atoms with Gasteiger partial charge in [-0.3, -0.25) is 4.79 Å². The van der Waals surface area contributed by atoms with Crippen molar-refractivity contribution in [3.05, 3.63) is 62.6 Å². The Balaban J connectivity index is 0.000000433. The molecular weight excluding hydrogens is 343 g/mol. The first-order chi connectivity index (χ1) is 10.8. The molecule has 0 heterocycles. The van der Waals surface area contributed by atoms with Gasteiger partial charge in [-0.2, -0.15) is 0 Å². The summed E-state index contributed by atoms with van der Waals surface area (Å²) in [5.41, 5.74) is 2.54. The smallest absolute Gasteiger partial charge is 0.503 e. The first-order valence-corrected chi connectivity index (χ1v) is 7.02. The number of hydrogen-bond acceptors (Lipinski definition) is 3. The molecule has 7 heteroatoms. The van der Waals surface area contributed by atoms with Gasteiger partial charge in [0, 0.05) is 5.56 Å². The molecule has 0 atom stereocenters. The van der Waals surface area contributed by atoms with Crippen LogP contribution in [0.2, 0.25) is 10.0 Å². The van der Waals surface area contributed by atoms with Gasteiger partial charge in [-0.05, 0) is 41.5 Å². The quantitative estimate of drug-likeness (QED) is 0.584. The molecule has 0 amide bonds. The first-order valence-electron chi connectivity index (χ1n) is 6.26. The Bertz CT molecular complexity index is 823. The number of benzene rings is 2. The summed E-state index contributed by atoms with van der Waals surface area (Å²) in [4.78, 5) is 20.9. The van der Waals surface area contributed by atoms with Crippen LogP contribution in [0.1, 0.15) is 27.0 Å². The Labute approximate surface area is 141 Å². The van der Waals surface area contributed by atoms with Crippen molar-refractivity contribution in [2.75, 3.05) is 0 Å². The van der Waals surface area contributed by atoms with Crippen LogP contribution in [0.5, 0.6) is 5.75 Å². The average Bonchev–Trinajstić information content (AvgIpc) is 2.44. The van der Waals surface area contributed by atoms with Crippen LogP contribution in [0, 0.1) is 0 Å². The maximum Gasteiger partial charge on any atom is 0.503 e. The topological polar surface area (TPSA) is 94.8 Å². The number of aromatic hydroxyl groups is 1. The summed E-state index contributed by atoms with van der Waals surface area (Å²) in [6.07, 6.45) is 1.93. The van der Waals surface area contributed by atoms with Gasteiger partial charge in [-0.25, -0.2) is 4.79 Å². The summed E-state index contributed by atoms with van der Waals surface area (Å²) >= 11 is 11.7. The van der Waals surface area contributed by atoms with Crippen LogP contribution in [0.25, 0.3) is 12.2 Å². The number of fused-ring (bicyclic) bond motifs is 1. The lowest BCUT2D eigenvalue weighted by molar-refractivity contribution is 0.103. The Kier molecular flexibility index (Phi) is 4.93. The molecule has 23 heavy (non-hydrogen) atoms. The zero-order valence-electron chi connectivity index (χ0n) is 11.5. The number of hydrogen-bond donors (Lipinski definition) is 3. The average molecular weight is 353 g/mol. The van der Waals surface area contributed by atoms with E-state index in [-0.39, 0.29) is 17.1 Å². The third-order valence-electron chi connectivity index (χ3n) is 3.07. The van der Waals surface area contributed by atoms with E-state index in [1.165, 1.54) is 6.07 Å². The number of phenols is 1. The standard InChI is InChI=1S/C15H8Cl2O2.CH2O3/c16-12-4-3-10(6-13(12)17)15(19)11-5-8-1-2-9(8)7-14(11)18;2-1(3)4/h1-7,18H;(H2,2,3,4). The molecule has 0 radical (unpaired) electrons. The van der Waals surface area contributed by atoms with Crippen molar-refractivity contribution >= 4 is 47.3 Å². The third-order valence-corrected chi connectivity index (χ3v) is 3.81. The molecule has 0 saturated heterocycles. The molecule has 3 N–H and O–H groups in total. The number of ketones is 1. The van der Waals surface area contributed by atoms with Gasteiger partial charge in [0.05, 0.1) is 15.6 Å². The van der Waals surface area contributed by atoms with E-state index in [0.717, 1.165) is 11.1 Å². The van der Waals surface area contributed by atoms with E-state index in [2.05, 4.69) is 0 Å². The predicted octanol–water partition coefficient (Wildman–Crippen LogP) is 4.64. The Morgan fingerprint density at radius 3 is 1.96 bits per heavy atom. The summed E-state index contributed by atoms with van der Waals surface area (Å²) in [6.45, 7) is 0. The van der Waals surface area contributed by atoms with E-state index in [1.54, 1.807) is 24.3 Å². The van der Waals surface area contributed by atoms with Crippen molar-refractivity contribution in [1.82, 2.24) is 0 Å². The van der Waals surface area contributed by atoms with E-state index < -0.39 is 6.16 Å². The Morgan fingerprint density at radius 2 is 1.43 bits per heavy atom. The zero-order valence-corrected chi connectivity index (χ0v) is 13.0. The molecule has 0 aromatic heterocycles. The van der Waals surface area contributed by atoms with Crippen LogP contribution in [-0.4, -0.2) is 27.3 Å². The second kappa shape index (κ2) is 6.73. The summed E-state index contributed by atoms with van der Waals surface area (Å²) in [7, 11) is 0. The van der Waals surface area contributed by atoms with Gasteiger partial charge in [-0.15, -0.1) is 0 Å². The minimum absolute atomic E-state index is 0.0285. The van der Waals surface area contributed by atoms with Crippen LogP contribution >= 0.6 is 23.2 Å². The van der Waals surface area contributed by atoms with E-state index in [1.807, 2.05) is 12.2 Å². The molecule has 0 fully saturated rings. The molecule has 5 nitrogen and oxygen atoms in total. The maximum absolute atomic E-state index is 12.3. The zero-order chi connectivity index (χ0) is 17.1. The highest BCUT2D eigenvalue weighted by molar-refractivity contribution is 6.42. The second-order valence-electron chi connectivity index (χ2n) is 4.57. The molecule has 0 aliphatic heterocycles. The minimum atomic E-state index is -1.83. The number of phenolic OH excluding ortho intramolecular Hbond substituents is 1. The molecule has 118 valence electrons. The van der Waals surface area contributed by atoms with Crippen LogP contribution in [0.3, 0.4) is 0 Å². The summed E-state index contributed by atoms with van der Waals surface area (Å²) in [6, 6.07) is 7.91. The molecule has 0 spiro atoms. The maximum atomic E-state index is 12.3. The van der Waals surface area contributed by atoms with Gasteiger partial charge in [0.15, 0.2) is 5.78 Å². The highest BCUT2D eigenvalue weighted by Gasteiger charge is 2.18. The lowest BCUT2D eigenvalue weighted by Gasteiger charge is -2.13. The van der Waals surface area contributed by atoms with Crippen LogP contribution in [0.4, 0.5) is 4.79 Å². The fraction of sp³-hybridized carbons (Fsp3) is 0. The molecule has 2 aromatic rings. The highest BCUT2D eigenvalue weighted by Crippen LogP contribution is 2.32. The number of rotatable bonds is 2. The van der Waals surface area contributed by atoms with Crippen molar-refractivity contribution < 1.29 is 24.9 Å². The summed E-state index contributed by atoms with van der Waals surface area (Å²) in [5.74, 6) is -0.307. The first kappa shape index (κ1) is 16.9. The predicted molar refractivity (Wildman–Crippen MR) is 87.6 cm³/mol. The lowest BCUT2D eigenvalue weighted by Crippen LogP contribution is -2.04. The van der Waals surface area contributed by atoms with Gasteiger partial charge in [0.2, 0.25) is 0 Å². The number of carbonyl (C=O) groups excluding carboxylic acids is 1. The summed E-state index contributed by atoms with van der Waals surface area (Å²) < 4.78 is 0. The van der Waals surface area contributed by atoms with Gasteiger partial charge in [0.1, 0.15) is 5.75 Å². The van der Waals surface area contributed by atoms with Crippen LogP contribution in [-0.2, 0) is 0 Å². The van der Waals surface area contributed by atoms with Crippen LogP contribution < -0.4 is 0 Å².